The molecule has 1 unspecified atom stereocenters. The molecule has 0 bridgehead atoms. The van der Waals surface area contributed by atoms with Crippen LogP contribution in [0.25, 0.3) is 0 Å². The molecule has 4 nitrogen and oxygen atoms in total. The van der Waals surface area contributed by atoms with Gasteiger partial charge in [0.15, 0.2) is 0 Å². The number of aliphatic hydroxyl groups is 1. The van der Waals surface area contributed by atoms with Gasteiger partial charge in [0.25, 0.3) is 0 Å². The van der Waals surface area contributed by atoms with Crippen molar-refractivity contribution < 1.29 is 9.84 Å². The Hall–Kier alpha value is -0.630. The summed E-state index contributed by atoms with van der Waals surface area (Å²) in [5, 5.41) is 22.2. The molecule has 104 valence electrons. The fourth-order valence-electron chi connectivity index (χ4n) is 2.24. The number of nitrogens with one attached hydrogen (secondary N) is 1. The molecule has 1 saturated carbocycles. The van der Waals surface area contributed by atoms with Gasteiger partial charge < -0.3 is 15.2 Å². The third-order valence-corrected chi connectivity index (χ3v) is 3.82. The highest BCUT2D eigenvalue weighted by atomic mass is 16.5. The van der Waals surface area contributed by atoms with Crippen LogP contribution in [-0.4, -0.2) is 36.5 Å². The first kappa shape index (κ1) is 15.4. The molecule has 0 saturated heterocycles. The lowest BCUT2D eigenvalue weighted by Gasteiger charge is -2.40. The Morgan fingerprint density at radius 1 is 1.33 bits per heavy atom. The van der Waals surface area contributed by atoms with Crippen molar-refractivity contribution in [2.24, 2.45) is 5.41 Å². The van der Waals surface area contributed by atoms with Crippen molar-refractivity contribution >= 4 is 0 Å². The number of ether oxygens (including phenoxy) is 1. The summed E-state index contributed by atoms with van der Waals surface area (Å²) < 4.78 is 5.24. The van der Waals surface area contributed by atoms with E-state index in [1.165, 1.54) is 0 Å². The molecule has 0 aliphatic heterocycles. The van der Waals surface area contributed by atoms with Crippen LogP contribution < -0.4 is 5.32 Å². The van der Waals surface area contributed by atoms with Gasteiger partial charge in [-0.2, -0.15) is 5.26 Å². The molecular formula is C14H26N2O2. The van der Waals surface area contributed by atoms with Gasteiger partial charge in [-0.1, -0.05) is 13.8 Å². The van der Waals surface area contributed by atoms with E-state index in [0.717, 1.165) is 25.7 Å². The van der Waals surface area contributed by atoms with Crippen LogP contribution in [0.15, 0.2) is 0 Å². The maximum atomic E-state index is 10.4. The van der Waals surface area contributed by atoms with Crippen LogP contribution in [0, 0.1) is 16.7 Å². The van der Waals surface area contributed by atoms with Crippen LogP contribution in [0.2, 0.25) is 0 Å². The molecule has 0 aromatic heterocycles. The van der Waals surface area contributed by atoms with E-state index in [1.54, 1.807) is 6.92 Å². The van der Waals surface area contributed by atoms with Crippen LogP contribution in [-0.2, 0) is 4.74 Å². The third-order valence-electron chi connectivity index (χ3n) is 3.82. The zero-order valence-corrected chi connectivity index (χ0v) is 11.8. The number of nitriles is 1. The molecule has 0 aromatic rings. The highest BCUT2D eigenvalue weighted by molar-refractivity contribution is 4.90. The minimum Gasteiger partial charge on any atom is -0.389 e. The average Bonchev–Trinajstić information content (AvgIpc) is 2.33. The van der Waals surface area contributed by atoms with Crippen molar-refractivity contribution in [2.75, 3.05) is 19.7 Å². The van der Waals surface area contributed by atoms with Crippen LogP contribution in [0.1, 0.15) is 46.5 Å². The van der Waals surface area contributed by atoms with E-state index in [4.69, 9.17) is 10.00 Å². The molecule has 0 amide bonds. The van der Waals surface area contributed by atoms with Crippen LogP contribution in [0.5, 0.6) is 0 Å². The van der Waals surface area contributed by atoms with E-state index < -0.39 is 5.60 Å². The molecule has 4 heteroatoms. The SMILES string of the molecule is CC(C#N)OCCNCC1(O)CCC(C)(C)CC1. The molecule has 18 heavy (non-hydrogen) atoms. The van der Waals surface area contributed by atoms with Gasteiger partial charge in [0.2, 0.25) is 0 Å². The van der Waals surface area contributed by atoms with Crippen molar-refractivity contribution in [2.45, 2.75) is 58.2 Å². The number of hydrogen-bond acceptors (Lipinski definition) is 4. The minimum absolute atomic E-state index is 0.356. The highest BCUT2D eigenvalue weighted by Gasteiger charge is 2.36. The normalized spacial score (nSPS) is 23.3. The summed E-state index contributed by atoms with van der Waals surface area (Å²) in [5.41, 5.74) is -0.187. The van der Waals surface area contributed by atoms with Gasteiger partial charge in [-0.15, -0.1) is 0 Å². The molecule has 0 heterocycles. The maximum absolute atomic E-state index is 10.4. The standard InChI is InChI=1S/C14H26N2O2/c1-12(10-15)18-9-8-16-11-14(17)6-4-13(2,3)5-7-14/h12,16-17H,4-9,11H2,1-3H3. The monoisotopic (exact) mass is 254 g/mol. The Kier molecular flexibility index (Phi) is 5.58. The first-order valence-electron chi connectivity index (χ1n) is 6.81. The molecule has 1 aliphatic carbocycles. The molecule has 2 N–H and O–H groups in total. The molecule has 1 fully saturated rings. The molecule has 0 aromatic carbocycles. The van der Waals surface area contributed by atoms with Gasteiger partial charge in [-0.3, -0.25) is 0 Å². The molecule has 1 atom stereocenters. The van der Waals surface area contributed by atoms with Gasteiger partial charge >= 0.3 is 0 Å². The van der Waals surface area contributed by atoms with E-state index >= 15 is 0 Å². The third kappa shape index (κ3) is 5.34. The van der Waals surface area contributed by atoms with E-state index in [2.05, 4.69) is 19.2 Å². The largest absolute Gasteiger partial charge is 0.389 e. The van der Waals surface area contributed by atoms with Crippen molar-refractivity contribution in [1.82, 2.24) is 5.32 Å². The van der Waals surface area contributed by atoms with Gasteiger partial charge in [0.1, 0.15) is 6.10 Å². The maximum Gasteiger partial charge on any atom is 0.141 e. The summed E-state index contributed by atoms with van der Waals surface area (Å²) >= 11 is 0. The Morgan fingerprint density at radius 3 is 2.50 bits per heavy atom. The van der Waals surface area contributed by atoms with E-state index in [9.17, 15) is 5.11 Å². The van der Waals surface area contributed by atoms with E-state index in [1.807, 2.05) is 6.07 Å². The number of rotatable bonds is 6. The summed E-state index contributed by atoms with van der Waals surface area (Å²) in [6.07, 6.45) is 3.52. The van der Waals surface area contributed by atoms with Crippen molar-refractivity contribution in [1.29, 1.82) is 5.26 Å². The van der Waals surface area contributed by atoms with Gasteiger partial charge in [0, 0.05) is 13.1 Å². The second-order valence-corrected chi connectivity index (χ2v) is 6.21. The number of nitrogens with zero attached hydrogens (tertiary/aromatic N) is 1. The topological polar surface area (TPSA) is 65.3 Å². The molecule has 0 spiro atoms. The van der Waals surface area contributed by atoms with E-state index in [0.29, 0.717) is 25.1 Å². The Labute approximate surface area is 110 Å². The number of hydrogen-bond donors (Lipinski definition) is 2. The summed E-state index contributed by atoms with van der Waals surface area (Å²) in [7, 11) is 0. The Bertz CT molecular complexity index is 287. The fraction of sp³-hybridized carbons (Fsp3) is 0.929. The van der Waals surface area contributed by atoms with Crippen LogP contribution in [0.4, 0.5) is 0 Å². The second-order valence-electron chi connectivity index (χ2n) is 6.21. The fourth-order valence-corrected chi connectivity index (χ4v) is 2.24. The summed E-state index contributed by atoms with van der Waals surface area (Å²) in [4.78, 5) is 0. The quantitative estimate of drug-likeness (QED) is 0.710. The molecule has 0 radical (unpaired) electrons. The molecule has 1 rings (SSSR count). The van der Waals surface area contributed by atoms with Crippen molar-refractivity contribution in [3.8, 4) is 6.07 Å². The Morgan fingerprint density at radius 2 is 1.94 bits per heavy atom. The minimum atomic E-state index is -0.559. The second kappa shape index (κ2) is 6.51. The Balaban J connectivity index is 2.14. The van der Waals surface area contributed by atoms with E-state index in [-0.39, 0.29) is 6.10 Å². The summed E-state index contributed by atoms with van der Waals surface area (Å²) in [5.74, 6) is 0. The zero-order valence-electron chi connectivity index (χ0n) is 11.8. The van der Waals surface area contributed by atoms with Gasteiger partial charge in [0.05, 0.1) is 18.3 Å². The first-order valence-corrected chi connectivity index (χ1v) is 6.81. The van der Waals surface area contributed by atoms with Gasteiger partial charge in [-0.05, 0) is 38.0 Å². The smallest absolute Gasteiger partial charge is 0.141 e. The molecular weight excluding hydrogens is 228 g/mol. The van der Waals surface area contributed by atoms with Crippen molar-refractivity contribution in [3.63, 3.8) is 0 Å². The summed E-state index contributed by atoms with van der Waals surface area (Å²) in [6.45, 7) is 8.06. The first-order chi connectivity index (χ1) is 8.37. The highest BCUT2D eigenvalue weighted by Crippen LogP contribution is 2.39. The van der Waals surface area contributed by atoms with Crippen molar-refractivity contribution in [3.05, 3.63) is 0 Å². The lowest BCUT2D eigenvalue weighted by Crippen LogP contribution is -2.45. The lowest BCUT2D eigenvalue weighted by atomic mass is 9.71. The predicted octanol–water partition coefficient (Wildman–Crippen LogP) is 1.84. The predicted molar refractivity (Wildman–Crippen MR) is 71.1 cm³/mol. The zero-order chi connectivity index (χ0) is 13.6. The summed E-state index contributed by atoms with van der Waals surface area (Å²) in [6, 6.07) is 2.02. The van der Waals surface area contributed by atoms with Crippen LogP contribution in [0.3, 0.4) is 0 Å². The lowest BCUT2D eigenvalue weighted by molar-refractivity contribution is -0.0254. The average molecular weight is 254 g/mol. The van der Waals surface area contributed by atoms with Gasteiger partial charge in [-0.25, -0.2) is 0 Å². The molecule has 1 aliphatic rings. The van der Waals surface area contributed by atoms with Crippen LogP contribution >= 0.6 is 0 Å².